The number of carbonyl (C=O) groups excluding carboxylic acids is 1. The molecule has 1 fully saturated rings. The molecule has 4 nitrogen and oxygen atoms in total. The molecule has 1 aliphatic carbocycles. The molecule has 1 aromatic rings. The third-order valence-corrected chi connectivity index (χ3v) is 4.70. The fourth-order valence-corrected chi connectivity index (χ4v) is 3.17. The maximum absolute atomic E-state index is 12.6. The van der Waals surface area contributed by atoms with Crippen molar-refractivity contribution in [3.05, 3.63) is 23.3 Å². The summed E-state index contributed by atoms with van der Waals surface area (Å²) in [5.74, 6) is 1.57. The zero-order chi connectivity index (χ0) is 16.1. The molecule has 0 aromatic heterocycles. The first-order valence-corrected chi connectivity index (χ1v) is 8.04. The van der Waals surface area contributed by atoms with Crippen molar-refractivity contribution in [2.45, 2.75) is 51.5 Å². The van der Waals surface area contributed by atoms with Gasteiger partial charge in [0.05, 0.1) is 20.6 Å². The van der Waals surface area contributed by atoms with Crippen LogP contribution in [0.3, 0.4) is 0 Å². The third-order valence-electron chi connectivity index (χ3n) is 4.70. The number of aryl methyl sites for hydroxylation is 1. The molecule has 2 rings (SSSR count). The van der Waals surface area contributed by atoms with Crippen molar-refractivity contribution in [3.63, 3.8) is 0 Å². The van der Waals surface area contributed by atoms with Gasteiger partial charge < -0.3 is 14.4 Å². The molecule has 0 spiro atoms. The number of ether oxygens (including phenoxy) is 2. The number of likely N-dealkylation sites (N-methyl/N-ethyl adjacent to an activating group) is 1. The molecular weight excluding hydrogens is 278 g/mol. The summed E-state index contributed by atoms with van der Waals surface area (Å²) < 4.78 is 10.6. The fraction of sp³-hybridized carbons (Fsp3) is 0.611. The zero-order valence-electron chi connectivity index (χ0n) is 14.1. The van der Waals surface area contributed by atoms with Crippen LogP contribution in [0.15, 0.2) is 12.1 Å². The second kappa shape index (κ2) is 7.52. The average molecular weight is 305 g/mol. The maximum Gasteiger partial charge on any atom is 0.226 e. The Morgan fingerprint density at radius 2 is 1.73 bits per heavy atom. The third kappa shape index (κ3) is 3.73. The van der Waals surface area contributed by atoms with Gasteiger partial charge in [-0.25, -0.2) is 0 Å². The summed E-state index contributed by atoms with van der Waals surface area (Å²) in [5, 5.41) is 0. The van der Waals surface area contributed by atoms with Crippen molar-refractivity contribution in [1.29, 1.82) is 0 Å². The van der Waals surface area contributed by atoms with Crippen molar-refractivity contribution >= 4 is 5.91 Å². The molecule has 4 heteroatoms. The van der Waals surface area contributed by atoms with Crippen molar-refractivity contribution in [1.82, 2.24) is 4.90 Å². The molecule has 0 atom stereocenters. The van der Waals surface area contributed by atoms with Crippen molar-refractivity contribution in [2.75, 3.05) is 21.3 Å². The second-order valence-corrected chi connectivity index (χ2v) is 6.11. The lowest BCUT2D eigenvalue weighted by atomic mass is 9.94. The van der Waals surface area contributed by atoms with Gasteiger partial charge in [0.15, 0.2) is 11.5 Å². The van der Waals surface area contributed by atoms with Crippen LogP contribution in [0.4, 0.5) is 0 Å². The van der Waals surface area contributed by atoms with Gasteiger partial charge in [0.1, 0.15) is 0 Å². The molecule has 0 saturated heterocycles. The smallest absolute Gasteiger partial charge is 0.226 e. The van der Waals surface area contributed by atoms with Gasteiger partial charge in [0.2, 0.25) is 5.91 Å². The Balaban J connectivity index is 2.10. The summed E-state index contributed by atoms with van der Waals surface area (Å²) in [6.07, 6.45) is 6.45. The van der Waals surface area contributed by atoms with E-state index in [2.05, 4.69) is 0 Å². The van der Waals surface area contributed by atoms with Crippen LogP contribution < -0.4 is 9.47 Å². The summed E-state index contributed by atoms with van der Waals surface area (Å²) >= 11 is 0. The molecule has 1 aliphatic rings. The van der Waals surface area contributed by atoms with Crippen LogP contribution in [0.2, 0.25) is 0 Å². The second-order valence-electron chi connectivity index (χ2n) is 6.11. The molecule has 0 bridgehead atoms. The minimum absolute atomic E-state index is 0.183. The van der Waals surface area contributed by atoms with Gasteiger partial charge >= 0.3 is 0 Å². The lowest BCUT2D eigenvalue weighted by molar-refractivity contribution is -0.131. The summed E-state index contributed by atoms with van der Waals surface area (Å²) in [5.41, 5.74) is 2.06. The predicted molar refractivity (Wildman–Crippen MR) is 87.6 cm³/mol. The molecule has 1 aromatic carbocycles. The highest BCUT2D eigenvalue weighted by molar-refractivity contribution is 5.79. The van der Waals surface area contributed by atoms with E-state index in [1.165, 1.54) is 19.3 Å². The van der Waals surface area contributed by atoms with E-state index in [0.29, 0.717) is 24.0 Å². The number of nitrogens with zero attached hydrogens (tertiary/aromatic N) is 1. The zero-order valence-corrected chi connectivity index (χ0v) is 14.1. The van der Waals surface area contributed by atoms with E-state index in [4.69, 9.17) is 9.47 Å². The van der Waals surface area contributed by atoms with E-state index in [-0.39, 0.29) is 5.91 Å². The summed E-state index contributed by atoms with van der Waals surface area (Å²) in [6.45, 7) is 2.01. The van der Waals surface area contributed by atoms with Crippen LogP contribution in [-0.4, -0.2) is 38.1 Å². The number of benzene rings is 1. The van der Waals surface area contributed by atoms with Gasteiger partial charge in [-0.05, 0) is 43.0 Å². The molecule has 1 saturated carbocycles. The average Bonchev–Trinajstić information content (AvgIpc) is 2.56. The van der Waals surface area contributed by atoms with Crippen LogP contribution in [0.25, 0.3) is 0 Å². The minimum atomic E-state index is 0.183. The van der Waals surface area contributed by atoms with Crippen molar-refractivity contribution in [3.8, 4) is 11.5 Å². The Morgan fingerprint density at radius 3 is 2.32 bits per heavy atom. The molecule has 0 heterocycles. The highest BCUT2D eigenvalue weighted by Gasteiger charge is 2.22. The number of hydrogen-bond donors (Lipinski definition) is 0. The molecule has 122 valence electrons. The van der Waals surface area contributed by atoms with Crippen LogP contribution in [0, 0.1) is 6.92 Å². The Labute approximate surface area is 133 Å². The molecule has 1 amide bonds. The Morgan fingerprint density at radius 1 is 1.14 bits per heavy atom. The Hall–Kier alpha value is -1.71. The van der Waals surface area contributed by atoms with E-state index in [1.54, 1.807) is 14.2 Å². The van der Waals surface area contributed by atoms with E-state index in [0.717, 1.165) is 24.0 Å². The summed E-state index contributed by atoms with van der Waals surface area (Å²) in [7, 11) is 5.18. The first-order valence-electron chi connectivity index (χ1n) is 8.04. The largest absolute Gasteiger partial charge is 0.493 e. The van der Waals surface area contributed by atoms with Crippen LogP contribution in [-0.2, 0) is 11.2 Å². The van der Waals surface area contributed by atoms with E-state index in [9.17, 15) is 4.79 Å². The van der Waals surface area contributed by atoms with Gasteiger partial charge in [-0.1, -0.05) is 19.3 Å². The topological polar surface area (TPSA) is 38.8 Å². The maximum atomic E-state index is 12.6. The highest BCUT2D eigenvalue weighted by Crippen LogP contribution is 2.31. The molecule has 0 unspecified atom stereocenters. The Kier molecular flexibility index (Phi) is 5.69. The number of methoxy groups -OCH3 is 2. The molecule has 0 N–H and O–H groups in total. The van der Waals surface area contributed by atoms with Gasteiger partial charge in [0, 0.05) is 13.1 Å². The quantitative estimate of drug-likeness (QED) is 0.837. The van der Waals surface area contributed by atoms with Crippen LogP contribution in [0.5, 0.6) is 11.5 Å². The SMILES string of the molecule is COc1cc(C)c(CC(=O)N(C)C2CCCCC2)cc1OC. The Bertz CT molecular complexity index is 521. The van der Waals surface area contributed by atoms with Crippen LogP contribution >= 0.6 is 0 Å². The molecule has 22 heavy (non-hydrogen) atoms. The van der Waals surface area contributed by atoms with E-state index in [1.807, 2.05) is 31.0 Å². The highest BCUT2D eigenvalue weighted by atomic mass is 16.5. The lowest BCUT2D eigenvalue weighted by Crippen LogP contribution is -2.39. The first kappa shape index (κ1) is 16.7. The fourth-order valence-electron chi connectivity index (χ4n) is 3.17. The molecular formula is C18H27NO3. The summed E-state index contributed by atoms with van der Waals surface area (Å²) in [4.78, 5) is 14.5. The standard InChI is InChI=1S/C18H27NO3/c1-13-10-16(21-3)17(22-4)11-14(13)12-18(20)19(2)15-8-6-5-7-9-15/h10-11,15H,5-9,12H2,1-4H3. The van der Waals surface area contributed by atoms with Crippen LogP contribution in [0.1, 0.15) is 43.2 Å². The minimum Gasteiger partial charge on any atom is -0.493 e. The van der Waals surface area contributed by atoms with Gasteiger partial charge in [-0.2, -0.15) is 0 Å². The molecule has 0 aliphatic heterocycles. The number of hydrogen-bond acceptors (Lipinski definition) is 3. The van der Waals surface area contributed by atoms with Crippen molar-refractivity contribution < 1.29 is 14.3 Å². The number of amides is 1. The van der Waals surface area contributed by atoms with Gasteiger partial charge in [-0.3, -0.25) is 4.79 Å². The predicted octanol–water partition coefficient (Wildman–Crippen LogP) is 3.35. The first-order chi connectivity index (χ1) is 10.6. The summed E-state index contributed by atoms with van der Waals surface area (Å²) in [6, 6.07) is 4.25. The van der Waals surface area contributed by atoms with Gasteiger partial charge in [-0.15, -0.1) is 0 Å². The number of carbonyl (C=O) groups is 1. The van der Waals surface area contributed by atoms with Crippen molar-refractivity contribution in [2.24, 2.45) is 0 Å². The monoisotopic (exact) mass is 305 g/mol. The lowest BCUT2D eigenvalue weighted by Gasteiger charge is -2.31. The normalized spacial score (nSPS) is 15.5. The number of rotatable bonds is 5. The molecule has 0 radical (unpaired) electrons. The van der Waals surface area contributed by atoms with Gasteiger partial charge in [0.25, 0.3) is 0 Å². The van der Waals surface area contributed by atoms with E-state index >= 15 is 0 Å². The van der Waals surface area contributed by atoms with E-state index < -0.39 is 0 Å².